The summed E-state index contributed by atoms with van der Waals surface area (Å²) in [5.74, 6) is 1.81. The molecule has 1 fully saturated rings. The lowest BCUT2D eigenvalue weighted by Crippen LogP contribution is -2.36. The zero-order valence-electron chi connectivity index (χ0n) is 11.7. The molecule has 1 aromatic heterocycles. The molecule has 2 atom stereocenters. The Kier molecular flexibility index (Phi) is 4.91. The van der Waals surface area contributed by atoms with Gasteiger partial charge in [0.05, 0.1) is 11.9 Å². The number of anilines is 1. The minimum Gasteiger partial charge on any atom is -0.370 e. The first-order valence-electron chi connectivity index (χ1n) is 7.03. The van der Waals surface area contributed by atoms with Crippen LogP contribution in [-0.2, 0) is 6.54 Å². The van der Waals surface area contributed by atoms with Crippen molar-refractivity contribution in [3.63, 3.8) is 0 Å². The van der Waals surface area contributed by atoms with Gasteiger partial charge in [-0.2, -0.15) is 17.7 Å². The molecule has 106 valence electrons. The topological polar surface area (TPSA) is 38.1 Å². The van der Waals surface area contributed by atoms with E-state index >= 15 is 0 Å². The van der Waals surface area contributed by atoms with Gasteiger partial charge in [0.15, 0.2) is 0 Å². The third-order valence-electron chi connectivity index (χ3n) is 3.67. The van der Waals surface area contributed by atoms with Crippen LogP contribution in [-0.4, -0.2) is 28.6 Å². The van der Waals surface area contributed by atoms with E-state index < -0.39 is 0 Å². The maximum Gasteiger partial charge on any atom is 0.268 e. The average molecular weight is 281 g/mol. The van der Waals surface area contributed by atoms with E-state index in [0.29, 0.717) is 18.4 Å². The van der Waals surface area contributed by atoms with Gasteiger partial charge in [-0.3, -0.25) is 4.79 Å². The third kappa shape index (κ3) is 3.75. The molecule has 2 heterocycles. The van der Waals surface area contributed by atoms with Gasteiger partial charge in [0.1, 0.15) is 0 Å². The molecule has 2 rings (SSSR count). The quantitative estimate of drug-likeness (QED) is 0.858. The van der Waals surface area contributed by atoms with Gasteiger partial charge in [-0.05, 0) is 30.4 Å². The molecule has 0 radical (unpaired) electrons. The Morgan fingerprint density at radius 3 is 3.00 bits per heavy atom. The van der Waals surface area contributed by atoms with Gasteiger partial charge in [-0.15, -0.1) is 0 Å². The lowest BCUT2D eigenvalue weighted by molar-refractivity contribution is 0.442. The van der Waals surface area contributed by atoms with Crippen molar-refractivity contribution in [2.24, 2.45) is 11.8 Å². The van der Waals surface area contributed by atoms with Gasteiger partial charge in [-0.25, -0.2) is 4.68 Å². The standard InChI is InChI=1S/C14H23N3OS/c1-11-4-3-5-16(8-11)13-6-14(18)17(15-7-13)9-12(2)10-19/h6-7,11-12,19H,3-5,8-10H2,1-2H3. The number of piperidine rings is 1. The second kappa shape index (κ2) is 6.46. The van der Waals surface area contributed by atoms with E-state index in [2.05, 4.69) is 36.5 Å². The monoisotopic (exact) mass is 281 g/mol. The van der Waals surface area contributed by atoms with Crippen molar-refractivity contribution in [3.8, 4) is 0 Å². The second-order valence-corrected chi connectivity index (χ2v) is 6.08. The van der Waals surface area contributed by atoms with Crippen LogP contribution in [0.1, 0.15) is 26.7 Å². The Hall–Kier alpha value is -0.970. The van der Waals surface area contributed by atoms with Crippen LogP contribution in [0.4, 0.5) is 5.69 Å². The SMILES string of the molecule is CC1CCCN(c2cnn(CC(C)CS)c(=O)c2)C1. The van der Waals surface area contributed by atoms with Crippen molar-refractivity contribution in [3.05, 3.63) is 22.6 Å². The van der Waals surface area contributed by atoms with Gasteiger partial charge in [0.2, 0.25) is 0 Å². The maximum absolute atomic E-state index is 12.1. The summed E-state index contributed by atoms with van der Waals surface area (Å²) in [5, 5.41) is 4.29. The first kappa shape index (κ1) is 14.4. The Labute approximate surface area is 120 Å². The van der Waals surface area contributed by atoms with E-state index in [1.54, 1.807) is 6.07 Å². The third-order valence-corrected chi connectivity index (χ3v) is 4.30. The number of hydrogen-bond acceptors (Lipinski definition) is 4. The molecule has 1 aromatic rings. The Balaban J connectivity index is 2.12. The van der Waals surface area contributed by atoms with E-state index in [1.165, 1.54) is 17.5 Å². The highest BCUT2D eigenvalue weighted by atomic mass is 32.1. The van der Waals surface area contributed by atoms with Crippen LogP contribution in [0.3, 0.4) is 0 Å². The molecule has 0 N–H and O–H groups in total. The fourth-order valence-electron chi connectivity index (χ4n) is 2.51. The number of hydrogen-bond donors (Lipinski definition) is 1. The highest BCUT2D eigenvalue weighted by Crippen LogP contribution is 2.20. The summed E-state index contributed by atoms with van der Waals surface area (Å²) in [6, 6.07) is 1.72. The molecule has 1 aliphatic heterocycles. The van der Waals surface area contributed by atoms with Crippen molar-refractivity contribution in [1.29, 1.82) is 0 Å². The summed E-state index contributed by atoms with van der Waals surface area (Å²) in [6.07, 6.45) is 4.30. The summed E-state index contributed by atoms with van der Waals surface area (Å²) in [5.41, 5.74) is 0.954. The van der Waals surface area contributed by atoms with E-state index in [1.807, 2.05) is 6.20 Å². The van der Waals surface area contributed by atoms with Gasteiger partial charge in [-0.1, -0.05) is 13.8 Å². The molecule has 0 spiro atoms. The zero-order chi connectivity index (χ0) is 13.8. The first-order valence-corrected chi connectivity index (χ1v) is 7.66. The summed E-state index contributed by atoms with van der Waals surface area (Å²) in [4.78, 5) is 14.3. The molecule has 19 heavy (non-hydrogen) atoms. The number of thiol groups is 1. The fraction of sp³-hybridized carbons (Fsp3) is 0.714. The lowest BCUT2D eigenvalue weighted by atomic mass is 10.00. The Bertz CT molecular complexity index is 474. The van der Waals surface area contributed by atoms with Crippen molar-refractivity contribution < 1.29 is 0 Å². The van der Waals surface area contributed by atoms with Crippen molar-refractivity contribution in [2.75, 3.05) is 23.7 Å². The van der Waals surface area contributed by atoms with Gasteiger partial charge >= 0.3 is 0 Å². The summed E-state index contributed by atoms with van der Waals surface area (Å²) < 4.78 is 1.54. The predicted octanol–water partition coefficient (Wildman–Crippen LogP) is 2.05. The number of aromatic nitrogens is 2. The average Bonchev–Trinajstić information content (AvgIpc) is 2.41. The van der Waals surface area contributed by atoms with E-state index in [4.69, 9.17) is 0 Å². The van der Waals surface area contributed by atoms with E-state index in [9.17, 15) is 4.79 Å². The van der Waals surface area contributed by atoms with Crippen LogP contribution in [0.5, 0.6) is 0 Å². The molecule has 4 nitrogen and oxygen atoms in total. The molecular weight excluding hydrogens is 258 g/mol. The number of rotatable bonds is 4. The largest absolute Gasteiger partial charge is 0.370 e. The summed E-state index contributed by atoms with van der Waals surface area (Å²) >= 11 is 4.24. The molecule has 5 heteroatoms. The normalized spacial score (nSPS) is 21.4. The van der Waals surface area contributed by atoms with Crippen LogP contribution in [0.15, 0.2) is 17.1 Å². The van der Waals surface area contributed by atoms with Gasteiger partial charge < -0.3 is 4.90 Å². The van der Waals surface area contributed by atoms with Crippen LogP contribution >= 0.6 is 12.6 Å². The molecule has 0 amide bonds. The lowest BCUT2D eigenvalue weighted by Gasteiger charge is -2.32. The molecule has 2 unspecified atom stereocenters. The van der Waals surface area contributed by atoms with Crippen LogP contribution in [0.25, 0.3) is 0 Å². The highest BCUT2D eigenvalue weighted by molar-refractivity contribution is 7.80. The molecule has 1 aliphatic rings. The summed E-state index contributed by atoms with van der Waals surface area (Å²) in [7, 11) is 0. The molecule has 1 saturated heterocycles. The molecule has 0 aromatic carbocycles. The molecular formula is C14H23N3OS. The van der Waals surface area contributed by atoms with Gasteiger partial charge in [0.25, 0.3) is 5.56 Å². The minimum atomic E-state index is -0.00985. The Morgan fingerprint density at radius 1 is 1.58 bits per heavy atom. The van der Waals surface area contributed by atoms with Crippen molar-refractivity contribution in [1.82, 2.24) is 9.78 Å². The van der Waals surface area contributed by atoms with Crippen molar-refractivity contribution >= 4 is 18.3 Å². The Morgan fingerprint density at radius 2 is 2.37 bits per heavy atom. The fourth-order valence-corrected chi connectivity index (χ4v) is 2.63. The van der Waals surface area contributed by atoms with Gasteiger partial charge in [0, 0.05) is 25.7 Å². The summed E-state index contributed by atoms with van der Waals surface area (Å²) in [6.45, 7) is 7.02. The molecule has 0 aliphatic carbocycles. The smallest absolute Gasteiger partial charge is 0.268 e. The number of nitrogens with zero attached hydrogens (tertiary/aromatic N) is 3. The van der Waals surface area contributed by atoms with E-state index in [-0.39, 0.29) is 5.56 Å². The first-order chi connectivity index (χ1) is 9.10. The predicted molar refractivity (Wildman–Crippen MR) is 82.1 cm³/mol. The van der Waals surface area contributed by atoms with Crippen LogP contribution in [0, 0.1) is 11.8 Å². The molecule has 0 bridgehead atoms. The van der Waals surface area contributed by atoms with Crippen LogP contribution in [0.2, 0.25) is 0 Å². The maximum atomic E-state index is 12.1. The van der Waals surface area contributed by atoms with Crippen molar-refractivity contribution in [2.45, 2.75) is 33.2 Å². The molecule has 0 saturated carbocycles. The van der Waals surface area contributed by atoms with Crippen LogP contribution < -0.4 is 10.5 Å². The second-order valence-electron chi connectivity index (χ2n) is 5.72. The minimum absolute atomic E-state index is 0.00985. The highest BCUT2D eigenvalue weighted by Gasteiger charge is 2.17. The zero-order valence-corrected chi connectivity index (χ0v) is 12.6. The van der Waals surface area contributed by atoms with E-state index in [0.717, 1.165) is 24.5 Å².